The van der Waals surface area contributed by atoms with Crippen molar-refractivity contribution in [3.8, 4) is 11.3 Å². The third-order valence-electron chi connectivity index (χ3n) is 5.04. The molecule has 2 heterocycles. The van der Waals surface area contributed by atoms with E-state index in [9.17, 15) is 9.18 Å². The van der Waals surface area contributed by atoms with Crippen LogP contribution < -0.4 is 11.5 Å². The van der Waals surface area contributed by atoms with E-state index in [2.05, 4.69) is 12.0 Å². The van der Waals surface area contributed by atoms with Gasteiger partial charge in [-0.05, 0) is 55.1 Å². The highest BCUT2D eigenvalue weighted by Gasteiger charge is 2.29. The minimum Gasteiger partial charge on any atom is -0.365 e. The third kappa shape index (κ3) is 3.72. The summed E-state index contributed by atoms with van der Waals surface area (Å²) in [7, 11) is 1.89. The van der Waals surface area contributed by atoms with Gasteiger partial charge >= 0.3 is 0 Å². The van der Waals surface area contributed by atoms with E-state index in [1.807, 2.05) is 30.9 Å². The number of amides is 1. The van der Waals surface area contributed by atoms with Gasteiger partial charge in [-0.1, -0.05) is 19.1 Å². The van der Waals surface area contributed by atoms with Crippen molar-refractivity contribution in [2.75, 3.05) is 6.54 Å². The normalized spacial score (nSPS) is 12.3. The quantitative estimate of drug-likeness (QED) is 0.636. The first-order valence-electron chi connectivity index (χ1n) is 9.26. The van der Waals surface area contributed by atoms with Gasteiger partial charge < -0.3 is 11.5 Å². The molecule has 7 heteroatoms. The van der Waals surface area contributed by atoms with Crippen molar-refractivity contribution in [1.82, 2.24) is 9.78 Å². The van der Waals surface area contributed by atoms with Crippen LogP contribution in [0.1, 0.15) is 44.1 Å². The molecule has 4 N–H and O–H groups in total. The van der Waals surface area contributed by atoms with Crippen molar-refractivity contribution < 1.29 is 9.18 Å². The van der Waals surface area contributed by atoms with Crippen molar-refractivity contribution in [2.45, 2.75) is 32.6 Å². The van der Waals surface area contributed by atoms with Gasteiger partial charge in [-0.2, -0.15) is 5.10 Å². The largest absolute Gasteiger partial charge is 0.365 e. The molecule has 0 fully saturated rings. The van der Waals surface area contributed by atoms with E-state index in [0.717, 1.165) is 39.2 Å². The Bertz CT molecular complexity index is 1010. The average Bonchev–Trinajstić information content (AvgIpc) is 3.19. The zero-order valence-corrected chi connectivity index (χ0v) is 17.1. The maximum atomic E-state index is 13.7. The molecular weight excluding hydrogens is 375 g/mol. The maximum absolute atomic E-state index is 13.7. The van der Waals surface area contributed by atoms with Gasteiger partial charge in [-0.3, -0.25) is 9.48 Å². The number of rotatable bonds is 7. The van der Waals surface area contributed by atoms with E-state index < -0.39 is 5.91 Å². The predicted molar refractivity (Wildman–Crippen MR) is 111 cm³/mol. The molecule has 2 aromatic heterocycles. The fourth-order valence-corrected chi connectivity index (χ4v) is 4.84. The molecule has 148 valence electrons. The van der Waals surface area contributed by atoms with Crippen molar-refractivity contribution in [3.63, 3.8) is 0 Å². The molecule has 1 aromatic carbocycles. The SMILES string of the molecule is CCc1cnn(C)c1-c1c(C)sc(C(N)=O)c1[C@@H](CN)Cc1cccc(F)c1. The maximum Gasteiger partial charge on any atom is 0.259 e. The van der Waals surface area contributed by atoms with Gasteiger partial charge in [0.15, 0.2) is 0 Å². The summed E-state index contributed by atoms with van der Waals surface area (Å²) in [4.78, 5) is 13.7. The van der Waals surface area contributed by atoms with Gasteiger partial charge in [-0.25, -0.2) is 4.39 Å². The van der Waals surface area contributed by atoms with E-state index in [-0.39, 0.29) is 11.7 Å². The van der Waals surface area contributed by atoms with Crippen LogP contribution in [0.15, 0.2) is 30.5 Å². The topological polar surface area (TPSA) is 86.9 Å². The molecule has 0 unspecified atom stereocenters. The number of nitrogens with two attached hydrogens (primary N) is 2. The van der Waals surface area contributed by atoms with Gasteiger partial charge in [0.25, 0.3) is 5.91 Å². The Morgan fingerprint density at radius 2 is 2.14 bits per heavy atom. The van der Waals surface area contributed by atoms with E-state index in [1.54, 1.807) is 6.07 Å². The molecule has 3 aromatic rings. The van der Waals surface area contributed by atoms with E-state index in [4.69, 9.17) is 11.5 Å². The number of aryl methyl sites for hydroxylation is 3. The number of primary amides is 1. The zero-order chi connectivity index (χ0) is 20.4. The summed E-state index contributed by atoms with van der Waals surface area (Å²) in [6.07, 6.45) is 3.20. The molecule has 1 amide bonds. The summed E-state index contributed by atoms with van der Waals surface area (Å²) in [5, 5.41) is 4.41. The van der Waals surface area contributed by atoms with Crippen LogP contribution in [-0.4, -0.2) is 22.2 Å². The second-order valence-electron chi connectivity index (χ2n) is 6.90. The first-order chi connectivity index (χ1) is 13.4. The van der Waals surface area contributed by atoms with Crippen LogP contribution in [0.5, 0.6) is 0 Å². The van der Waals surface area contributed by atoms with Gasteiger partial charge in [0.05, 0.1) is 16.8 Å². The first-order valence-corrected chi connectivity index (χ1v) is 10.1. The molecule has 5 nitrogen and oxygen atoms in total. The highest BCUT2D eigenvalue weighted by Crippen LogP contribution is 2.42. The van der Waals surface area contributed by atoms with Crippen LogP contribution in [0.3, 0.4) is 0 Å². The Morgan fingerprint density at radius 1 is 1.39 bits per heavy atom. The Balaban J connectivity index is 2.19. The van der Waals surface area contributed by atoms with Crippen LogP contribution in [0.4, 0.5) is 4.39 Å². The fraction of sp³-hybridized carbons (Fsp3) is 0.333. The third-order valence-corrected chi connectivity index (χ3v) is 6.18. The van der Waals surface area contributed by atoms with Gasteiger partial charge in [0.1, 0.15) is 5.82 Å². The Kier molecular flexibility index (Phi) is 5.96. The van der Waals surface area contributed by atoms with Gasteiger partial charge in [-0.15, -0.1) is 11.3 Å². The average molecular weight is 401 g/mol. The summed E-state index contributed by atoms with van der Waals surface area (Å²) in [6.45, 7) is 4.38. The number of carbonyl (C=O) groups is 1. The lowest BCUT2D eigenvalue weighted by atomic mass is 9.87. The van der Waals surface area contributed by atoms with Crippen molar-refractivity contribution >= 4 is 17.2 Å². The summed E-state index contributed by atoms with van der Waals surface area (Å²) in [5.41, 5.74) is 16.6. The Hall–Kier alpha value is -2.51. The second kappa shape index (κ2) is 8.24. The lowest BCUT2D eigenvalue weighted by Crippen LogP contribution is -2.20. The van der Waals surface area contributed by atoms with E-state index in [1.165, 1.54) is 23.5 Å². The fourth-order valence-electron chi connectivity index (χ4n) is 3.74. The highest BCUT2D eigenvalue weighted by molar-refractivity contribution is 7.14. The molecule has 1 atom stereocenters. The van der Waals surface area contributed by atoms with Crippen LogP contribution in [0.2, 0.25) is 0 Å². The van der Waals surface area contributed by atoms with Crippen molar-refractivity contribution in [2.24, 2.45) is 18.5 Å². The highest BCUT2D eigenvalue weighted by atomic mass is 32.1. The number of aromatic nitrogens is 2. The second-order valence-corrected chi connectivity index (χ2v) is 8.13. The molecule has 3 rings (SSSR count). The molecule has 0 radical (unpaired) electrons. The number of hydrogen-bond acceptors (Lipinski definition) is 4. The monoisotopic (exact) mass is 400 g/mol. The number of benzene rings is 1. The summed E-state index contributed by atoms with van der Waals surface area (Å²) in [6, 6.07) is 6.48. The molecule has 0 aliphatic carbocycles. The number of nitrogens with zero attached hydrogens (tertiary/aromatic N) is 2. The molecule has 0 spiro atoms. The molecule has 0 bridgehead atoms. The Morgan fingerprint density at radius 3 is 2.75 bits per heavy atom. The summed E-state index contributed by atoms with van der Waals surface area (Å²) >= 11 is 1.39. The number of halogens is 1. The summed E-state index contributed by atoms with van der Waals surface area (Å²) in [5.74, 6) is -0.916. The predicted octanol–water partition coefficient (Wildman–Crippen LogP) is 3.54. The number of hydrogen-bond donors (Lipinski definition) is 2. The Labute approximate surface area is 168 Å². The molecule has 0 saturated carbocycles. The standard InChI is InChI=1S/C21H25FN4OS/c1-4-14-11-25-26(3)19(14)17-12(2)28-20(21(24)27)18(17)15(10-23)8-13-6-5-7-16(22)9-13/h5-7,9,11,15H,4,8,10,23H2,1-3H3,(H2,24,27)/t15-/m1/s1. The summed E-state index contributed by atoms with van der Waals surface area (Å²) < 4.78 is 15.5. The van der Waals surface area contributed by atoms with Crippen LogP contribution in [0, 0.1) is 12.7 Å². The molecule has 0 aliphatic rings. The smallest absolute Gasteiger partial charge is 0.259 e. The zero-order valence-electron chi connectivity index (χ0n) is 16.3. The molecule has 28 heavy (non-hydrogen) atoms. The lowest BCUT2D eigenvalue weighted by molar-refractivity contribution is 0.100. The number of thiophene rings is 1. The lowest BCUT2D eigenvalue weighted by Gasteiger charge is -2.19. The molecule has 0 saturated heterocycles. The minimum atomic E-state index is -0.466. The van der Waals surface area contributed by atoms with Crippen LogP contribution >= 0.6 is 11.3 Å². The number of carbonyl (C=O) groups excluding carboxylic acids is 1. The van der Waals surface area contributed by atoms with Gasteiger partial charge in [0, 0.05) is 23.4 Å². The van der Waals surface area contributed by atoms with E-state index in [0.29, 0.717) is 17.8 Å². The molecule has 0 aliphatic heterocycles. The van der Waals surface area contributed by atoms with Crippen molar-refractivity contribution in [3.05, 3.63) is 62.7 Å². The van der Waals surface area contributed by atoms with Crippen LogP contribution in [-0.2, 0) is 19.9 Å². The van der Waals surface area contributed by atoms with Crippen molar-refractivity contribution in [1.29, 1.82) is 0 Å². The first kappa shape index (κ1) is 20.2. The van der Waals surface area contributed by atoms with E-state index >= 15 is 0 Å². The van der Waals surface area contributed by atoms with Gasteiger partial charge in [0.2, 0.25) is 0 Å². The molecular formula is C21H25FN4OS. The minimum absolute atomic E-state index is 0.163. The van der Waals surface area contributed by atoms with Crippen LogP contribution in [0.25, 0.3) is 11.3 Å².